The van der Waals surface area contributed by atoms with E-state index in [0.29, 0.717) is 0 Å². The van der Waals surface area contributed by atoms with Crippen molar-refractivity contribution in [1.29, 1.82) is 0 Å². The summed E-state index contributed by atoms with van der Waals surface area (Å²) in [6, 6.07) is 0.830. The molecule has 3 nitrogen and oxygen atoms in total. The highest BCUT2D eigenvalue weighted by Crippen LogP contribution is 2.15. The lowest BCUT2D eigenvalue weighted by Crippen LogP contribution is -2.43. The molecule has 2 N–H and O–H groups in total. The van der Waals surface area contributed by atoms with Gasteiger partial charge in [0.05, 0.1) is 0 Å². The van der Waals surface area contributed by atoms with Crippen LogP contribution in [0.2, 0.25) is 0 Å². The molecule has 2 aliphatic rings. The fourth-order valence-electron chi connectivity index (χ4n) is 2.67. The molecule has 14 heavy (non-hydrogen) atoms. The van der Waals surface area contributed by atoms with E-state index < -0.39 is 0 Å². The maximum absolute atomic E-state index is 3.44. The second-order valence-corrected chi connectivity index (χ2v) is 4.78. The van der Waals surface area contributed by atoms with Crippen LogP contribution in [0.1, 0.15) is 19.3 Å². The molecule has 0 saturated carbocycles. The van der Waals surface area contributed by atoms with Gasteiger partial charge in [0.25, 0.3) is 0 Å². The van der Waals surface area contributed by atoms with E-state index in [4.69, 9.17) is 0 Å². The molecule has 2 rings (SSSR count). The van der Waals surface area contributed by atoms with Crippen molar-refractivity contribution in [2.24, 2.45) is 5.92 Å². The third kappa shape index (κ3) is 2.69. The van der Waals surface area contributed by atoms with Gasteiger partial charge in [0.1, 0.15) is 0 Å². The highest BCUT2D eigenvalue weighted by atomic mass is 15.1. The van der Waals surface area contributed by atoms with Crippen LogP contribution in [0.15, 0.2) is 0 Å². The van der Waals surface area contributed by atoms with E-state index in [1.807, 2.05) is 0 Å². The summed E-state index contributed by atoms with van der Waals surface area (Å²) in [5.74, 6) is 0.898. The zero-order chi connectivity index (χ0) is 9.80. The third-order valence-corrected chi connectivity index (χ3v) is 3.64. The van der Waals surface area contributed by atoms with Crippen molar-refractivity contribution in [3.63, 3.8) is 0 Å². The number of hydrogen-bond donors (Lipinski definition) is 2. The first-order chi connectivity index (χ1) is 6.86. The Balaban J connectivity index is 1.72. The molecule has 0 aromatic heterocycles. The van der Waals surface area contributed by atoms with E-state index >= 15 is 0 Å². The lowest BCUT2D eigenvalue weighted by atomic mass is 10.0. The van der Waals surface area contributed by atoms with Crippen molar-refractivity contribution >= 4 is 0 Å². The Kier molecular flexibility index (Phi) is 3.79. The van der Waals surface area contributed by atoms with Gasteiger partial charge in [0, 0.05) is 12.6 Å². The van der Waals surface area contributed by atoms with Crippen LogP contribution in [0.3, 0.4) is 0 Å². The average molecular weight is 197 g/mol. The van der Waals surface area contributed by atoms with Crippen LogP contribution in [0.5, 0.6) is 0 Å². The second-order valence-electron chi connectivity index (χ2n) is 4.78. The minimum absolute atomic E-state index is 0.830. The van der Waals surface area contributed by atoms with Gasteiger partial charge in [-0.15, -0.1) is 0 Å². The summed E-state index contributed by atoms with van der Waals surface area (Å²) < 4.78 is 0. The fraction of sp³-hybridized carbons (Fsp3) is 1.00. The summed E-state index contributed by atoms with van der Waals surface area (Å²) in [4.78, 5) is 2.58. The summed E-state index contributed by atoms with van der Waals surface area (Å²) in [5.41, 5.74) is 0. The SMILES string of the molecule is CN(CC1CCNC1)C1CCNCC1. The normalized spacial score (nSPS) is 30.0. The van der Waals surface area contributed by atoms with Crippen LogP contribution in [0, 0.1) is 5.92 Å². The lowest BCUT2D eigenvalue weighted by Gasteiger charge is -2.33. The van der Waals surface area contributed by atoms with Gasteiger partial charge in [-0.1, -0.05) is 0 Å². The largest absolute Gasteiger partial charge is 0.317 e. The van der Waals surface area contributed by atoms with Crippen LogP contribution in [0.25, 0.3) is 0 Å². The predicted octanol–water partition coefficient (Wildman–Crippen LogP) is 0.280. The molecule has 3 heteroatoms. The van der Waals surface area contributed by atoms with Gasteiger partial charge < -0.3 is 15.5 Å². The van der Waals surface area contributed by atoms with Crippen LogP contribution < -0.4 is 10.6 Å². The molecule has 0 spiro atoms. The van der Waals surface area contributed by atoms with Crippen LogP contribution >= 0.6 is 0 Å². The first-order valence-electron chi connectivity index (χ1n) is 5.98. The molecule has 1 unspecified atom stereocenters. The Hall–Kier alpha value is -0.120. The van der Waals surface area contributed by atoms with E-state index in [-0.39, 0.29) is 0 Å². The molecular formula is C11H23N3. The molecular weight excluding hydrogens is 174 g/mol. The molecule has 82 valence electrons. The number of piperidine rings is 1. The van der Waals surface area contributed by atoms with Gasteiger partial charge in [0.2, 0.25) is 0 Å². The third-order valence-electron chi connectivity index (χ3n) is 3.64. The molecule has 0 bridgehead atoms. The van der Waals surface area contributed by atoms with E-state index in [9.17, 15) is 0 Å². The minimum Gasteiger partial charge on any atom is -0.317 e. The summed E-state index contributed by atoms with van der Waals surface area (Å²) >= 11 is 0. The van der Waals surface area contributed by atoms with Crippen molar-refractivity contribution in [1.82, 2.24) is 15.5 Å². The summed E-state index contributed by atoms with van der Waals surface area (Å²) in [6.45, 7) is 6.16. The average Bonchev–Trinajstić information content (AvgIpc) is 2.72. The standard InChI is InChI=1S/C11H23N3/c1-14(9-10-2-5-13-8-10)11-3-6-12-7-4-11/h10-13H,2-9H2,1H3. The highest BCUT2D eigenvalue weighted by Gasteiger charge is 2.22. The fourth-order valence-corrected chi connectivity index (χ4v) is 2.67. The number of rotatable bonds is 3. The molecule has 0 aromatic rings. The highest BCUT2D eigenvalue weighted by molar-refractivity contribution is 4.80. The molecule has 2 fully saturated rings. The topological polar surface area (TPSA) is 27.3 Å². The van der Waals surface area contributed by atoms with Crippen LogP contribution in [-0.2, 0) is 0 Å². The molecule has 0 aromatic carbocycles. The quantitative estimate of drug-likeness (QED) is 0.680. The Morgan fingerprint density at radius 2 is 1.79 bits per heavy atom. The van der Waals surface area contributed by atoms with Crippen LogP contribution in [-0.4, -0.2) is 50.7 Å². The van der Waals surface area contributed by atoms with E-state index in [1.54, 1.807) is 0 Å². The van der Waals surface area contributed by atoms with Crippen LogP contribution in [0.4, 0.5) is 0 Å². The molecule has 0 amide bonds. The number of nitrogens with one attached hydrogen (secondary N) is 2. The van der Waals surface area contributed by atoms with E-state index in [1.165, 1.54) is 52.0 Å². The van der Waals surface area contributed by atoms with E-state index in [0.717, 1.165) is 12.0 Å². The molecule has 1 atom stereocenters. The Morgan fingerprint density at radius 1 is 1.07 bits per heavy atom. The lowest BCUT2D eigenvalue weighted by molar-refractivity contribution is 0.176. The van der Waals surface area contributed by atoms with Gasteiger partial charge in [-0.25, -0.2) is 0 Å². The Labute approximate surface area is 87.2 Å². The van der Waals surface area contributed by atoms with Crippen molar-refractivity contribution < 1.29 is 0 Å². The molecule has 0 aliphatic carbocycles. The molecule has 2 saturated heterocycles. The first kappa shape index (κ1) is 10.4. The zero-order valence-corrected chi connectivity index (χ0v) is 9.26. The van der Waals surface area contributed by atoms with Crippen molar-refractivity contribution in [2.75, 3.05) is 39.8 Å². The summed E-state index contributed by atoms with van der Waals surface area (Å²) in [6.07, 6.45) is 4.03. The van der Waals surface area contributed by atoms with Crippen molar-refractivity contribution in [3.05, 3.63) is 0 Å². The number of hydrogen-bond acceptors (Lipinski definition) is 3. The van der Waals surface area contributed by atoms with Gasteiger partial charge in [0.15, 0.2) is 0 Å². The number of nitrogens with zero attached hydrogens (tertiary/aromatic N) is 1. The summed E-state index contributed by atoms with van der Waals surface area (Å²) in [5, 5.41) is 6.87. The minimum atomic E-state index is 0.830. The zero-order valence-electron chi connectivity index (χ0n) is 9.26. The van der Waals surface area contributed by atoms with Crippen molar-refractivity contribution in [3.8, 4) is 0 Å². The summed E-state index contributed by atoms with van der Waals surface area (Å²) in [7, 11) is 2.30. The first-order valence-corrected chi connectivity index (χ1v) is 5.98. The van der Waals surface area contributed by atoms with Crippen molar-refractivity contribution in [2.45, 2.75) is 25.3 Å². The van der Waals surface area contributed by atoms with E-state index in [2.05, 4.69) is 22.6 Å². The van der Waals surface area contributed by atoms with Gasteiger partial charge in [-0.3, -0.25) is 0 Å². The maximum Gasteiger partial charge on any atom is 0.0116 e. The Bertz CT molecular complexity index is 160. The molecule has 2 heterocycles. The smallest absolute Gasteiger partial charge is 0.0116 e. The molecule has 2 aliphatic heterocycles. The maximum atomic E-state index is 3.44. The predicted molar refractivity (Wildman–Crippen MR) is 59.5 cm³/mol. The second kappa shape index (κ2) is 5.10. The Morgan fingerprint density at radius 3 is 2.43 bits per heavy atom. The molecule has 0 radical (unpaired) electrons. The van der Waals surface area contributed by atoms with Gasteiger partial charge >= 0.3 is 0 Å². The monoisotopic (exact) mass is 197 g/mol. The van der Waals surface area contributed by atoms with Gasteiger partial charge in [-0.2, -0.15) is 0 Å². The van der Waals surface area contributed by atoms with Gasteiger partial charge in [-0.05, 0) is 58.4 Å².